The van der Waals surface area contributed by atoms with Crippen molar-refractivity contribution in [2.75, 3.05) is 25.0 Å². The van der Waals surface area contributed by atoms with Gasteiger partial charge in [0.25, 0.3) is 5.91 Å². The molecule has 0 atom stereocenters. The number of anilines is 1. The molecule has 1 aliphatic heterocycles. The number of carbonyl (C=O) groups excluding carboxylic acids is 1. The zero-order chi connectivity index (χ0) is 19.4. The highest BCUT2D eigenvalue weighted by atomic mass is 79.9. The monoisotopic (exact) mass is 452 g/mol. The molecule has 0 radical (unpaired) electrons. The van der Waals surface area contributed by atoms with Crippen LogP contribution in [0.4, 0.5) is 5.69 Å². The lowest BCUT2D eigenvalue weighted by molar-refractivity contribution is -0.118. The maximum absolute atomic E-state index is 12.5. The second-order valence-electron chi connectivity index (χ2n) is 6.38. The van der Waals surface area contributed by atoms with E-state index >= 15 is 0 Å². The van der Waals surface area contributed by atoms with Crippen molar-refractivity contribution in [2.45, 2.75) is 24.7 Å². The molecule has 2 aromatic carbocycles. The van der Waals surface area contributed by atoms with Gasteiger partial charge in [-0.2, -0.15) is 4.31 Å². The number of sulfonamides is 1. The summed E-state index contributed by atoms with van der Waals surface area (Å²) in [4.78, 5) is 12.3. The molecular weight excluding hydrogens is 432 g/mol. The van der Waals surface area contributed by atoms with Crippen molar-refractivity contribution in [3.63, 3.8) is 0 Å². The van der Waals surface area contributed by atoms with Crippen LogP contribution in [0.5, 0.6) is 5.75 Å². The molecule has 144 valence electrons. The molecule has 0 bridgehead atoms. The highest BCUT2D eigenvalue weighted by molar-refractivity contribution is 9.10. The van der Waals surface area contributed by atoms with E-state index in [0.29, 0.717) is 24.5 Å². The van der Waals surface area contributed by atoms with E-state index in [1.807, 2.05) is 19.1 Å². The molecule has 0 aromatic heterocycles. The number of hydrogen-bond donors (Lipinski definition) is 1. The summed E-state index contributed by atoms with van der Waals surface area (Å²) in [6.45, 7) is 2.90. The summed E-state index contributed by atoms with van der Waals surface area (Å²) < 4.78 is 33.0. The normalized spacial score (nSPS) is 14.9. The molecule has 3 rings (SSSR count). The molecule has 6 nitrogen and oxygen atoms in total. The second-order valence-corrected chi connectivity index (χ2v) is 9.24. The van der Waals surface area contributed by atoms with Gasteiger partial charge in [-0.05, 0) is 67.8 Å². The minimum atomic E-state index is -3.45. The third-order valence-electron chi connectivity index (χ3n) is 4.34. The van der Waals surface area contributed by atoms with E-state index < -0.39 is 10.0 Å². The highest BCUT2D eigenvalue weighted by Gasteiger charge is 2.26. The molecule has 8 heteroatoms. The van der Waals surface area contributed by atoms with Crippen LogP contribution in [0, 0.1) is 6.92 Å². The summed E-state index contributed by atoms with van der Waals surface area (Å²) in [5, 5.41) is 2.71. The fourth-order valence-corrected chi connectivity index (χ4v) is 4.90. The van der Waals surface area contributed by atoms with Gasteiger partial charge in [0.1, 0.15) is 5.75 Å². The minimum absolute atomic E-state index is 0.129. The number of nitrogens with one attached hydrogen (secondary N) is 1. The van der Waals surface area contributed by atoms with E-state index in [1.165, 1.54) is 16.4 Å². The van der Waals surface area contributed by atoms with Crippen molar-refractivity contribution < 1.29 is 17.9 Å². The molecule has 1 N–H and O–H groups in total. The minimum Gasteiger partial charge on any atom is -0.483 e. The van der Waals surface area contributed by atoms with Crippen LogP contribution >= 0.6 is 15.9 Å². The Hall–Kier alpha value is -1.90. The summed E-state index contributed by atoms with van der Waals surface area (Å²) in [5.41, 5.74) is 1.45. The predicted octanol–water partition coefficient (Wildman–Crippen LogP) is 3.56. The summed E-state index contributed by atoms with van der Waals surface area (Å²) >= 11 is 3.38. The maximum Gasteiger partial charge on any atom is 0.262 e. The van der Waals surface area contributed by atoms with Crippen molar-refractivity contribution in [3.8, 4) is 5.75 Å². The van der Waals surface area contributed by atoms with Crippen LogP contribution in [-0.2, 0) is 14.8 Å². The Morgan fingerprint density at radius 1 is 1.15 bits per heavy atom. The number of hydrogen-bond acceptors (Lipinski definition) is 4. The Balaban J connectivity index is 1.58. The fraction of sp³-hybridized carbons (Fsp3) is 0.316. The molecule has 0 saturated carbocycles. The summed E-state index contributed by atoms with van der Waals surface area (Å²) in [7, 11) is -3.45. The lowest BCUT2D eigenvalue weighted by Crippen LogP contribution is -2.27. The Kier molecular flexibility index (Phi) is 6.18. The molecule has 2 aromatic rings. The maximum atomic E-state index is 12.5. The summed E-state index contributed by atoms with van der Waals surface area (Å²) in [6, 6.07) is 11.8. The molecule has 1 aliphatic rings. The number of aryl methyl sites for hydroxylation is 1. The second kappa shape index (κ2) is 8.41. The van der Waals surface area contributed by atoms with Crippen molar-refractivity contribution in [3.05, 3.63) is 52.5 Å². The number of carbonyl (C=O) groups is 1. The first kappa shape index (κ1) is 19.9. The lowest BCUT2D eigenvalue weighted by atomic mass is 10.2. The number of halogens is 1. The average molecular weight is 453 g/mol. The van der Waals surface area contributed by atoms with Gasteiger partial charge in [-0.15, -0.1) is 0 Å². The molecule has 1 amide bonds. The van der Waals surface area contributed by atoms with Gasteiger partial charge < -0.3 is 10.1 Å². The SMILES string of the molecule is Cc1cc(Br)ccc1OCC(=O)Nc1ccc(S(=O)(=O)N2CCCC2)cc1. The number of ether oxygens (including phenoxy) is 1. The topological polar surface area (TPSA) is 75.7 Å². The predicted molar refractivity (Wildman–Crippen MR) is 107 cm³/mol. The van der Waals surface area contributed by atoms with Gasteiger partial charge in [-0.1, -0.05) is 15.9 Å². The van der Waals surface area contributed by atoms with Crippen LogP contribution in [0.15, 0.2) is 51.8 Å². The first-order chi connectivity index (χ1) is 12.9. The number of rotatable bonds is 6. The highest BCUT2D eigenvalue weighted by Crippen LogP contribution is 2.23. The van der Waals surface area contributed by atoms with E-state index in [4.69, 9.17) is 4.74 Å². The lowest BCUT2D eigenvalue weighted by Gasteiger charge is -2.15. The van der Waals surface area contributed by atoms with Crippen molar-refractivity contribution in [1.82, 2.24) is 4.31 Å². The smallest absolute Gasteiger partial charge is 0.262 e. The summed E-state index contributed by atoms with van der Waals surface area (Å²) in [6.07, 6.45) is 1.79. The first-order valence-electron chi connectivity index (χ1n) is 8.65. The first-order valence-corrected chi connectivity index (χ1v) is 10.9. The van der Waals surface area contributed by atoms with Crippen LogP contribution in [0.1, 0.15) is 18.4 Å². The molecular formula is C19H21BrN2O4S. The van der Waals surface area contributed by atoms with Gasteiger partial charge >= 0.3 is 0 Å². The largest absolute Gasteiger partial charge is 0.483 e. The van der Waals surface area contributed by atoms with Crippen molar-refractivity contribution in [2.24, 2.45) is 0 Å². The Bertz CT molecular complexity index is 923. The van der Waals surface area contributed by atoms with Gasteiger partial charge in [-0.25, -0.2) is 8.42 Å². The zero-order valence-electron chi connectivity index (χ0n) is 14.9. The number of amides is 1. The van der Waals surface area contributed by atoms with Gasteiger partial charge in [-0.3, -0.25) is 4.79 Å². The van der Waals surface area contributed by atoms with E-state index in [2.05, 4.69) is 21.2 Å². The Morgan fingerprint density at radius 3 is 2.44 bits per heavy atom. The molecule has 27 heavy (non-hydrogen) atoms. The quantitative estimate of drug-likeness (QED) is 0.726. The molecule has 1 heterocycles. The average Bonchev–Trinajstić information content (AvgIpc) is 3.17. The van der Waals surface area contributed by atoms with Crippen LogP contribution in [0.3, 0.4) is 0 Å². The molecule has 1 saturated heterocycles. The van der Waals surface area contributed by atoms with Gasteiger partial charge in [0.05, 0.1) is 4.90 Å². The molecule has 0 spiro atoms. The van der Waals surface area contributed by atoms with Crippen LogP contribution in [0.25, 0.3) is 0 Å². The van der Waals surface area contributed by atoms with Gasteiger partial charge in [0, 0.05) is 23.2 Å². The van der Waals surface area contributed by atoms with E-state index in [1.54, 1.807) is 18.2 Å². The number of benzene rings is 2. The third-order valence-corrected chi connectivity index (χ3v) is 6.74. The van der Waals surface area contributed by atoms with E-state index in [9.17, 15) is 13.2 Å². The Labute approximate surface area is 167 Å². The fourth-order valence-electron chi connectivity index (χ4n) is 2.90. The van der Waals surface area contributed by atoms with E-state index in [-0.39, 0.29) is 17.4 Å². The zero-order valence-corrected chi connectivity index (χ0v) is 17.3. The molecule has 0 unspecified atom stereocenters. The van der Waals surface area contributed by atoms with Crippen molar-refractivity contribution in [1.29, 1.82) is 0 Å². The summed E-state index contributed by atoms with van der Waals surface area (Å²) in [5.74, 6) is 0.327. The van der Waals surface area contributed by atoms with Crippen LogP contribution in [0.2, 0.25) is 0 Å². The van der Waals surface area contributed by atoms with Crippen LogP contribution in [-0.4, -0.2) is 38.3 Å². The van der Waals surface area contributed by atoms with Crippen LogP contribution < -0.4 is 10.1 Å². The third kappa shape index (κ3) is 4.88. The van der Waals surface area contributed by atoms with E-state index in [0.717, 1.165) is 22.9 Å². The molecule has 1 fully saturated rings. The standard InChI is InChI=1S/C19H21BrN2O4S/c1-14-12-15(20)4-9-18(14)26-13-19(23)21-16-5-7-17(8-6-16)27(24,25)22-10-2-3-11-22/h4-9,12H,2-3,10-11,13H2,1H3,(H,21,23). The number of nitrogens with zero attached hydrogens (tertiary/aromatic N) is 1. The van der Waals surface area contributed by atoms with Gasteiger partial charge in [0.2, 0.25) is 10.0 Å². The van der Waals surface area contributed by atoms with Crippen molar-refractivity contribution >= 4 is 37.5 Å². The molecule has 0 aliphatic carbocycles. The Morgan fingerprint density at radius 2 is 1.81 bits per heavy atom. The van der Waals surface area contributed by atoms with Gasteiger partial charge in [0.15, 0.2) is 6.61 Å².